The normalized spacial score (nSPS) is 13.5. The molecule has 1 atom stereocenters. The molecule has 0 spiro atoms. The van der Waals surface area contributed by atoms with Crippen LogP contribution in [-0.2, 0) is 4.79 Å². The number of hydrogen-bond acceptors (Lipinski definition) is 6. The molecular weight excluding hydrogens is 430 g/mol. The molecule has 32 heavy (non-hydrogen) atoms. The lowest BCUT2D eigenvalue weighted by Gasteiger charge is -2.20. The Bertz CT molecular complexity index is 1020. The number of nitriles is 1. The van der Waals surface area contributed by atoms with E-state index in [1.165, 1.54) is 0 Å². The number of carbonyl (C=O) groups excluding carboxylic acids is 2. The number of halogens is 1. The maximum Gasteiger partial charge on any atom is 0.319 e. The van der Waals surface area contributed by atoms with Gasteiger partial charge in [-0.3, -0.25) is 15.1 Å². The molecule has 1 aliphatic heterocycles. The monoisotopic (exact) mass is 453 g/mol. The number of aliphatic imine (C=N–C) groups is 1. The van der Waals surface area contributed by atoms with Gasteiger partial charge < -0.3 is 20.9 Å². The van der Waals surface area contributed by atoms with Crippen LogP contribution in [-0.4, -0.2) is 37.0 Å². The Hall–Kier alpha value is -3.77. The predicted molar refractivity (Wildman–Crippen MR) is 126 cm³/mol. The summed E-state index contributed by atoms with van der Waals surface area (Å²) in [7, 11) is 0. The van der Waals surface area contributed by atoms with Gasteiger partial charge in [-0.15, -0.1) is 0 Å². The Morgan fingerprint density at radius 1 is 1.12 bits per heavy atom. The van der Waals surface area contributed by atoms with Gasteiger partial charge in [-0.1, -0.05) is 24.9 Å². The van der Waals surface area contributed by atoms with Crippen molar-refractivity contribution in [3.8, 4) is 6.19 Å². The summed E-state index contributed by atoms with van der Waals surface area (Å²) in [5, 5.41) is 20.2. The minimum absolute atomic E-state index is 0.305. The van der Waals surface area contributed by atoms with Crippen molar-refractivity contribution in [2.24, 2.45) is 4.99 Å². The third-order valence-electron chi connectivity index (χ3n) is 4.76. The highest BCUT2D eigenvalue weighted by molar-refractivity contribution is 6.30. The summed E-state index contributed by atoms with van der Waals surface area (Å²) < 4.78 is 0. The Kier molecular flexibility index (Phi) is 7.89. The first kappa shape index (κ1) is 22.9. The fourth-order valence-electron chi connectivity index (χ4n) is 3.23. The van der Waals surface area contributed by atoms with Gasteiger partial charge in [-0.2, -0.15) is 5.26 Å². The van der Waals surface area contributed by atoms with Gasteiger partial charge in [-0.25, -0.2) is 4.79 Å². The lowest BCUT2D eigenvalue weighted by molar-refractivity contribution is -0.118. The first-order valence-electron chi connectivity index (χ1n) is 10.2. The molecule has 0 aliphatic carbocycles. The SMILES string of the molecule is CCCC(NC(=O)Nc1ccc(Cl)cc1)C(=O)Nc1ccc(N2CCN=C2NC#N)cc1. The molecule has 4 N–H and O–H groups in total. The number of carbonyl (C=O) groups is 2. The molecule has 0 aromatic heterocycles. The number of guanidine groups is 1. The summed E-state index contributed by atoms with van der Waals surface area (Å²) >= 11 is 5.85. The summed E-state index contributed by atoms with van der Waals surface area (Å²) in [6.45, 7) is 3.21. The van der Waals surface area contributed by atoms with Crippen molar-refractivity contribution < 1.29 is 9.59 Å². The van der Waals surface area contributed by atoms with Crippen molar-refractivity contribution in [3.05, 3.63) is 53.6 Å². The van der Waals surface area contributed by atoms with Crippen LogP contribution in [0.2, 0.25) is 5.02 Å². The molecule has 0 radical (unpaired) electrons. The maximum atomic E-state index is 12.8. The Balaban J connectivity index is 1.59. The highest BCUT2D eigenvalue weighted by atomic mass is 35.5. The molecule has 3 rings (SSSR count). The molecule has 0 saturated heterocycles. The van der Waals surface area contributed by atoms with E-state index in [0.717, 1.165) is 12.1 Å². The molecule has 166 valence electrons. The van der Waals surface area contributed by atoms with Gasteiger partial charge in [0, 0.05) is 28.6 Å². The fraction of sp³-hybridized carbons (Fsp3) is 0.273. The maximum absolute atomic E-state index is 12.8. The van der Waals surface area contributed by atoms with E-state index in [2.05, 4.69) is 26.3 Å². The summed E-state index contributed by atoms with van der Waals surface area (Å²) in [6.07, 6.45) is 3.09. The standard InChI is InChI=1S/C22H24ClN7O2/c1-2-3-19(29-22(32)28-17-6-4-15(23)5-7-17)20(31)27-16-8-10-18(11-9-16)30-13-12-25-21(30)26-14-24/h4-11,19H,2-3,12-13H2,1H3,(H,25,26)(H,27,31)(H2,28,29,32). The number of benzene rings is 2. The number of rotatable bonds is 7. The minimum atomic E-state index is -0.691. The zero-order valence-electron chi connectivity index (χ0n) is 17.6. The lowest BCUT2D eigenvalue weighted by atomic mass is 10.1. The van der Waals surface area contributed by atoms with Crippen LogP contribution in [0.15, 0.2) is 53.5 Å². The Labute approximate surface area is 191 Å². The molecule has 9 nitrogen and oxygen atoms in total. The van der Waals surface area contributed by atoms with Crippen LogP contribution in [0.25, 0.3) is 0 Å². The molecule has 1 unspecified atom stereocenters. The largest absolute Gasteiger partial charge is 0.326 e. The van der Waals surface area contributed by atoms with Crippen molar-refractivity contribution in [3.63, 3.8) is 0 Å². The average molecular weight is 454 g/mol. The first-order chi connectivity index (χ1) is 15.5. The van der Waals surface area contributed by atoms with Crippen molar-refractivity contribution >= 4 is 46.6 Å². The van der Waals surface area contributed by atoms with Gasteiger partial charge >= 0.3 is 6.03 Å². The molecule has 0 bridgehead atoms. The molecule has 0 saturated carbocycles. The molecule has 0 fully saturated rings. The van der Waals surface area contributed by atoms with E-state index < -0.39 is 12.1 Å². The van der Waals surface area contributed by atoms with Gasteiger partial charge in [0.25, 0.3) is 0 Å². The molecule has 1 heterocycles. The predicted octanol–water partition coefficient (Wildman–Crippen LogP) is 3.52. The van der Waals surface area contributed by atoms with E-state index in [1.54, 1.807) is 36.4 Å². The first-order valence-corrected chi connectivity index (χ1v) is 10.6. The smallest absolute Gasteiger partial charge is 0.319 e. The van der Waals surface area contributed by atoms with Crippen molar-refractivity contribution in [1.29, 1.82) is 5.26 Å². The van der Waals surface area contributed by atoms with Gasteiger partial charge in [0.05, 0.1) is 6.54 Å². The van der Waals surface area contributed by atoms with Crippen LogP contribution in [0.1, 0.15) is 19.8 Å². The quantitative estimate of drug-likeness (QED) is 0.377. The highest BCUT2D eigenvalue weighted by Gasteiger charge is 2.21. The fourth-order valence-corrected chi connectivity index (χ4v) is 3.35. The molecule has 3 amide bonds. The number of amides is 3. The van der Waals surface area contributed by atoms with E-state index in [-0.39, 0.29) is 5.91 Å². The zero-order chi connectivity index (χ0) is 22.9. The zero-order valence-corrected chi connectivity index (χ0v) is 18.3. The van der Waals surface area contributed by atoms with Gasteiger partial charge in [0.1, 0.15) is 6.04 Å². The van der Waals surface area contributed by atoms with Crippen molar-refractivity contribution in [1.82, 2.24) is 10.6 Å². The second kappa shape index (κ2) is 11.0. The number of nitrogens with zero attached hydrogens (tertiary/aromatic N) is 3. The summed E-state index contributed by atoms with van der Waals surface area (Å²) in [5.74, 6) is 0.198. The highest BCUT2D eigenvalue weighted by Crippen LogP contribution is 2.20. The van der Waals surface area contributed by atoms with E-state index in [4.69, 9.17) is 16.9 Å². The summed E-state index contributed by atoms with van der Waals surface area (Å²) in [5.41, 5.74) is 2.03. The second-order valence-corrected chi connectivity index (χ2v) is 7.51. The molecule has 2 aromatic carbocycles. The van der Waals surface area contributed by atoms with Crippen LogP contribution >= 0.6 is 11.6 Å². The molecular formula is C22H24ClN7O2. The minimum Gasteiger partial charge on any atom is -0.326 e. The number of hydrogen-bond donors (Lipinski definition) is 4. The molecule has 1 aliphatic rings. The Morgan fingerprint density at radius 3 is 2.44 bits per heavy atom. The summed E-state index contributed by atoms with van der Waals surface area (Å²) in [6, 6.07) is 12.8. The third-order valence-corrected chi connectivity index (χ3v) is 5.01. The van der Waals surface area contributed by atoms with Gasteiger partial charge in [-0.05, 0) is 55.0 Å². The number of nitrogens with one attached hydrogen (secondary N) is 4. The van der Waals surface area contributed by atoms with Crippen LogP contribution in [0.4, 0.5) is 21.9 Å². The Morgan fingerprint density at radius 2 is 1.78 bits per heavy atom. The van der Waals surface area contributed by atoms with E-state index in [9.17, 15) is 9.59 Å². The van der Waals surface area contributed by atoms with Crippen molar-refractivity contribution in [2.75, 3.05) is 28.6 Å². The van der Waals surface area contributed by atoms with Crippen LogP contribution in [0.3, 0.4) is 0 Å². The van der Waals surface area contributed by atoms with E-state index in [1.807, 2.05) is 30.1 Å². The van der Waals surface area contributed by atoms with Crippen LogP contribution < -0.4 is 26.2 Å². The van der Waals surface area contributed by atoms with Crippen LogP contribution in [0.5, 0.6) is 0 Å². The average Bonchev–Trinajstić information content (AvgIpc) is 3.24. The van der Waals surface area contributed by atoms with Gasteiger partial charge in [0.15, 0.2) is 6.19 Å². The van der Waals surface area contributed by atoms with E-state index in [0.29, 0.717) is 41.9 Å². The topological polar surface area (TPSA) is 122 Å². The van der Waals surface area contributed by atoms with Crippen LogP contribution in [0, 0.1) is 11.5 Å². The third kappa shape index (κ3) is 6.12. The molecule has 2 aromatic rings. The van der Waals surface area contributed by atoms with Crippen molar-refractivity contribution in [2.45, 2.75) is 25.8 Å². The lowest BCUT2D eigenvalue weighted by Crippen LogP contribution is -2.45. The summed E-state index contributed by atoms with van der Waals surface area (Å²) in [4.78, 5) is 31.2. The second-order valence-electron chi connectivity index (χ2n) is 7.08. The van der Waals surface area contributed by atoms with Gasteiger partial charge in [0.2, 0.25) is 11.9 Å². The number of urea groups is 1. The molecule has 10 heteroatoms. The number of anilines is 3. The van der Waals surface area contributed by atoms with E-state index >= 15 is 0 Å².